The maximum Gasteiger partial charge on any atom is 0.419 e. The largest absolute Gasteiger partial charge is 0.489 e. The van der Waals surface area contributed by atoms with Gasteiger partial charge in [0.05, 0.1) is 12.0 Å². The van der Waals surface area contributed by atoms with E-state index in [1.807, 2.05) is 6.07 Å². The van der Waals surface area contributed by atoms with E-state index in [9.17, 15) is 27.6 Å². The molecule has 3 aromatic carbocycles. The average molecular weight is 671 g/mol. The molecule has 0 spiro atoms. The van der Waals surface area contributed by atoms with Crippen LogP contribution in [0.1, 0.15) is 70.2 Å². The number of esters is 1. The Bertz CT molecular complexity index is 1580. The van der Waals surface area contributed by atoms with E-state index in [1.54, 1.807) is 84.0 Å². The van der Waals surface area contributed by atoms with Crippen LogP contribution < -0.4 is 19.7 Å². The summed E-state index contributed by atoms with van der Waals surface area (Å²) in [5.41, 5.74) is -0.158. The van der Waals surface area contributed by atoms with E-state index in [0.717, 1.165) is 17.2 Å². The highest BCUT2D eigenvalue weighted by atomic mass is 19.4. The number of fused-ring (bicyclic) bond motifs is 1. The molecule has 12 heteroatoms. The van der Waals surface area contributed by atoms with Crippen LogP contribution in [0, 0.1) is 0 Å². The van der Waals surface area contributed by atoms with E-state index in [-0.39, 0.29) is 25.5 Å². The molecule has 0 aromatic heterocycles. The lowest BCUT2D eigenvalue weighted by atomic mass is 10.1. The normalized spacial score (nSPS) is 13.7. The van der Waals surface area contributed by atoms with E-state index in [2.05, 4.69) is 5.32 Å². The Morgan fingerprint density at radius 1 is 0.812 bits per heavy atom. The van der Waals surface area contributed by atoms with Crippen molar-refractivity contribution in [3.05, 3.63) is 89.0 Å². The molecule has 1 aliphatic rings. The summed E-state index contributed by atoms with van der Waals surface area (Å²) in [6.07, 6.45) is -5.43. The molecule has 0 saturated heterocycles. The molecule has 4 rings (SSSR count). The highest BCUT2D eigenvalue weighted by molar-refractivity contribution is 6.02. The summed E-state index contributed by atoms with van der Waals surface area (Å²) in [6, 6.07) is 16.5. The Balaban J connectivity index is 1.45. The molecule has 1 aliphatic heterocycles. The Kier molecular flexibility index (Phi) is 11.0. The monoisotopic (exact) mass is 670 g/mol. The van der Waals surface area contributed by atoms with Crippen molar-refractivity contribution in [2.45, 2.75) is 91.0 Å². The van der Waals surface area contributed by atoms with Gasteiger partial charge in [-0.15, -0.1) is 0 Å². The first-order valence-electron chi connectivity index (χ1n) is 15.5. The van der Waals surface area contributed by atoms with Crippen molar-refractivity contribution >= 4 is 23.7 Å². The number of alkyl carbamates (subject to hydrolysis) is 1. The van der Waals surface area contributed by atoms with Gasteiger partial charge in [0.1, 0.15) is 42.0 Å². The van der Waals surface area contributed by atoms with Gasteiger partial charge >= 0.3 is 18.2 Å². The average Bonchev–Trinajstić information content (AvgIpc) is 3.40. The lowest BCUT2D eigenvalue weighted by Crippen LogP contribution is -2.50. The molecule has 258 valence electrons. The molecule has 0 radical (unpaired) electrons. The molecule has 9 nitrogen and oxygen atoms in total. The first kappa shape index (κ1) is 36.1. The number of carbonyl (C=O) groups is 3. The van der Waals surface area contributed by atoms with Gasteiger partial charge < -0.3 is 29.2 Å². The third-order valence-electron chi connectivity index (χ3n) is 6.98. The van der Waals surface area contributed by atoms with E-state index in [4.69, 9.17) is 18.9 Å². The van der Waals surface area contributed by atoms with Crippen molar-refractivity contribution in [1.82, 2.24) is 5.32 Å². The van der Waals surface area contributed by atoms with Crippen molar-refractivity contribution in [3.8, 4) is 11.5 Å². The van der Waals surface area contributed by atoms with Crippen LogP contribution in [0.5, 0.6) is 11.5 Å². The second-order valence-corrected chi connectivity index (χ2v) is 13.4. The summed E-state index contributed by atoms with van der Waals surface area (Å²) >= 11 is 0. The van der Waals surface area contributed by atoms with E-state index >= 15 is 0 Å². The van der Waals surface area contributed by atoms with Crippen LogP contribution >= 0.6 is 0 Å². The van der Waals surface area contributed by atoms with Crippen LogP contribution in [0.4, 0.5) is 23.7 Å². The number of hydrogen-bond acceptors (Lipinski definition) is 7. The van der Waals surface area contributed by atoms with Crippen LogP contribution in [-0.4, -0.2) is 41.8 Å². The summed E-state index contributed by atoms with van der Waals surface area (Å²) in [5, 5.41) is 2.52. The number of carbonyl (C=O) groups excluding carboxylic acids is 3. The first-order valence-corrected chi connectivity index (χ1v) is 15.5. The zero-order valence-corrected chi connectivity index (χ0v) is 27.9. The van der Waals surface area contributed by atoms with Crippen LogP contribution in [0.25, 0.3) is 0 Å². The Labute approximate surface area is 278 Å². The molecule has 0 unspecified atom stereocenters. The van der Waals surface area contributed by atoms with Gasteiger partial charge in [-0.2, -0.15) is 13.2 Å². The van der Waals surface area contributed by atoms with Crippen molar-refractivity contribution in [2.75, 3.05) is 11.4 Å². The van der Waals surface area contributed by atoms with E-state index < -0.39 is 53.4 Å². The van der Waals surface area contributed by atoms with Gasteiger partial charge in [0.2, 0.25) is 5.91 Å². The predicted molar refractivity (Wildman–Crippen MR) is 173 cm³/mol. The summed E-state index contributed by atoms with van der Waals surface area (Å²) in [4.78, 5) is 40.4. The summed E-state index contributed by atoms with van der Waals surface area (Å²) in [6.45, 7) is 10.3. The SMILES string of the molecule is CC(C)(C)OC(=O)C[C@@H](NC(=O)OC(C)(C)C)C(=O)N1CCc2cc(OCc3ccc(OCc4ccccc4)c(C(F)(F)F)c3)ccc21. The Morgan fingerprint density at radius 2 is 1.48 bits per heavy atom. The number of alkyl halides is 3. The second-order valence-electron chi connectivity index (χ2n) is 13.4. The predicted octanol–water partition coefficient (Wildman–Crippen LogP) is 7.38. The highest BCUT2D eigenvalue weighted by Crippen LogP contribution is 2.38. The van der Waals surface area contributed by atoms with Crippen LogP contribution in [0.3, 0.4) is 0 Å². The maximum absolute atomic E-state index is 13.9. The molecule has 2 amide bonds. The molecule has 0 saturated carbocycles. The minimum absolute atomic E-state index is 0.00672. The van der Waals surface area contributed by atoms with Gasteiger partial charge in [-0.25, -0.2) is 4.79 Å². The number of halogens is 3. The first-order chi connectivity index (χ1) is 22.4. The van der Waals surface area contributed by atoms with Crippen molar-refractivity contribution < 1.29 is 46.5 Å². The zero-order chi connectivity index (χ0) is 35.3. The molecule has 0 aliphatic carbocycles. The number of nitrogens with zero attached hydrogens (tertiary/aromatic N) is 1. The third-order valence-corrected chi connectivity index (χ3v) is 6.98. The van der Waals surface area contributed by atoms with Gasteiger partial charge in [0.15, 0.2) is 0 Å². The Hall–Kier alpha value is -4.74. The number of amides is 2. The lowest BCUT2D eigenvalue weighted by Gasteiger charge is -2.27. The second kappa shape index (κ2) is 14.6. The molecule has 1 atom stereocenters. The van der Waals surface area contributed by atoms with E-state index in [0.29, 0.717) is 23.4 Å². The smallest absolute Gasteiger partial charge is 0.419 e. The summed E-state index contributed by atoms with van der Waals surface area (Å²) in [5.74, 6) is -1.06. The molecular weight excluding hydrogens is 629 g/mol. The van der Waals surface area contributed by atoms with Crippen LogP contribution in [-0.2, 0) is 44.9 Å². The molecule has 48 heavy (non-hydrogen) atoms. The summed E-state index contributed by atoms with van der Waals surface area (Å²) < 4.78 is 63.8. The Morgan fingerprint density at radius 3 is 2.12 bits per heavy atom. The van der Waals surface area contributed by atoms with Gasteiger partial charge in [-0.05, 0) is 95.0 Å². The molecule has 3 aromatic rings. The number of hydrogen-bond donors (Lipinski definition) is 1. The summed E-state index contributed by atoms with van der Waals surface area (Å²) in [7, 11) is 0. The number of nitrogens with one attached hydrogen (secondary N) is 1. The maximum atomic E-state index is 13.9. The highest BCUT2D eigenvalue weighted by Gasteiger charge is 2.36. The van der Waals surface area contributed by atoms with Crippen LogP contribution in [0.2, 0.25) is 0 Å². The fourth-order valence-corrected chi connectivity index (χ4v) is 5.00. The molecule has 0 bridgehead atoms. The fourth-order valence-electron chi connectivity index (χ4n) is 5.00. The molecule has 1 heterocycles. The standard InChI is InChI=1S/C36H41F3N2O7/c1-34(2,3)47-31(42)20-28(40-33(44)48-35(4,5)6)32(43)41-17-16-25-19-26(13-14-29(25)41)45-22-24-12-15-30(27(18-24)36(37,38)39)46-21-23-10-8-7-9-11-23/h7-15,18-19,28H,16-17,20-22H2,1-6H3,(H,40,44)/t28-/m1/s1. The van der Waals surface area contributed by atoms with Gasteiger partial charge in [-0.1, -0.05) is 36.4 Å². The topological polar surface area (TPSA) is 103 Å². The van der Waals surface area contributed by atoms with Gasteiger partial charge in [-0.3, -0.25) is 9.59 Å². The molecular formula is C36H41F3N2O7. The molecule has 1 N–H and O–H groups in total. The van der Waals surface area contributed by atoms with E-state index in [1.165, 1.54) is 17.0 Å². The minimum Gasteiger partial charge on any atom is -0.489 e. The molecule has 0 fully saturated rings. The van der Waals surface area contributed by atoms with Gasteiger partial charge in [0, 0.05) is 12.2 Å². The number of ether oxygens (including phenoxy) is 4. The minimum atomic E-state index is -4.63. The van der Waals surface area contributed by atoms with Gasteiger partial charge in [0.25, 0.3) is 0 Å². The lowest BCUT2D eigenvalue weighted by molar-refractivity contribution is -0.156. The zero-order valence-electron chi connectivity index (χ0n) is 27.9. The van der Waals surface area contributed by atoms with Crippen molar-refractivity contribution in [2.24, 2.45) is 0 Å². The van der Waals surface area contributed by atoms with Crippen molar-refractivity contribution in [3.63, 3.8) is 0 Å². The number of rotatable bonds is 10. The number of anilines is 1. The quantitative estimate of drug-likeness (QED) is 0.225. The number of benzene rings is 3. The third kappa shape index (κ3) is 10.4. The fraction of sp³-hybridized carbons (Fsp3) is 0.417. The van der Waals surface area contributed by atoms with Crippen LogP contribution in [0.15, 0.2) is 66.7 Å². The van der Waals surface area contributed by atoms with Crippen molar-refractivity contribution in [1.29, 1.82) is 0 Å².